The number of aliphatic hydroxyl groups is 1. The normalized spacial score (nSPS) is 12.5. The highest BCUT2D eigenvalue weighted by Crippen LogP contribution is 2.13. The standard InChI is InChI=1S/C8H10O4/c1-2-11-8(10)7(9)6-4-3-5-12-6/h3-5,7,9H,2H2,1H3/t7-/m1/s1. The van der Waals surface area contributed by atoms with Gasteiger partial charge in [0.1, 0.15) is 5.76 Å². The fourth-order valence-electron chi connectivity index (χ4n) is 0.784. The molecule has 0 aliphatic carbocycles. The molecule has 1 N–H and O–H groups in total. The quantitative estimate of drug-likeness (QED) is 0.684. The molecule has 0 spiro atoms. The van der Waals surface area contributed by atoms with Crippen LogP contribution in [0.3, 0.4) is 0 Å². The van der Waals surface area contributed by atoms with Crippen LogP contribution in [0.4, 0.5) is 0 Å². The maximum absolute atomic E-state index is 10.9. The molecule has 0 aliphatic rings. The highest BCUT2D eigenvalue weighted by Gasteiger charge is 2.20. The Morgan fingerprint density at radius 2 is 2.58 bits per heavy atom. The third-order valence-corrected chi connectivity index (χ3v) is 1.32. The molecule has 0 fully saturated rings. The molecule has 0 saturated carbocycles. The topological polar surface area (TPSA) is 59.7 Å². The van der Waals surface area contributed by atoms with Crippen LogP contribution in [0.15, 0.2) is 22.8 Å². The smallest absolute Gasteiger partial charge is 0.342 e. The lowest BCUT2D eigenvalue weighted by Gasteiger charge is -2.05. The van der Waals surface area contributed by atoms with Gasteiger partial charge in [0.25, 0.3) is 0 Å². The zero-order valence-corrected chi connectivity index (χ0v) is 6.69. The summed E-state index contributed by atoms with van der Waals surface area (Å²) in [6.07, 6.45) is 0.0811. The molecule has 0 unspecified atom stereocenters. The lowest BCUT2D eigenvalue weighted by atomic mass is 10.3. The van der Waals surface area contributed by atoms with E-state index < -0.39 is 12.1 Å². The summed E-state index contributed by atoms with van der Waals surface area (Å²) in [5.41, 5.74) is 0. The molecule has 1 aromatic heterocycles. The zero-order valence-electron chi connectivity index (χ0n) is 6.69. The van der Waals surface area contributed by atoms with Crippen molar-refractivity contribution in [2.45, 2.75) is 13.0 Å². The highest BCUT2D eigenvalue weighted by atomic mass is 16.5. The van der Waals surface area contributed by atoms with Gasteiger partial charge >= 0.3 is 5.97 Å². The maximum atomic E-state index is 10.9. The fourth-order valence-corrected chi connectivity index (χ4v) is 0.784. The van der Waals surface area contributed by atoms with E-state index >= 15 is 0 Å². The molecular weight excluding hydrogens is 160 g/mol. The van der Waals surface area contributed by atoms with E-state index in [-0.39, 0.29) is 12.4 Å². The summed E-state index contributed by atoms with van der Waals surface area (Å²) in [6.45, 7) is 1.92. The van der Waals surface area contributed by atoms with Crippen molar-refractivity contribution < 1.29 is 19.1 Å². The molecule has 0 bridgehead atoms. The van der Waals surface area contributed by atoms with Gasteiger partial charge in [-0.15, -0.1) is 0 Å². The van der Waals surface area contributed by atoms with E-state index in [0.29, 0.717) is 0 Å². The van der Waals surface area contributed by atoms with Gasteiger partial charge in [0, 0.05) is 0 Å². The Balaban J connectivity index is 2.59. The van der Waals surface area contributed by atoms with Crippen LogP contribution in [0.5, 0.6) is 0 Å². The molecule has 1 aromatic rings. The third kappa shape index (κ3) is 1.85. The summed E-state index contributed by atoms with van der Waals surface area (Å²) >= 11 is 0. The number of aliphatic hydroxyl groups excluding tert-OH is 1. The van der Waals surface area contributed by atoms with E-state index in [4.69, 9.17) is 4.42 Å². The van der Waals surface area contributed by atoms with Gasteiger partial charge in [-0.25, -0.2) is 4.79 Å². The number of hydrogen-bond acceptors (Lipinski definition) is 4. The van der Waals surface area contributed by atoms with Crippen molar-refractivity contribution in [3.8, 4) is 0 Å². The lowest BCUT2D eigenvalue weighted by Crippen LogP contribution is -2.14. The van der Waals surface area contributed by atoms with Crippen molar-refractivity contribution in [1.82, 2.24) is 0 Å². The Labute approximate surface area is 69.8 Å². The van der Waals surface area contributed by atoms with Gasteiger partial charge in [-0.2, -0.15) is 0 Å². The van der Waals surface area contributed by atoms with Gasteiger partial charge in [0.15, 0.2) is 0 Å². The fraction of sp³-hybridized carbons (Fsp3) is 0.375. The van der Waals surface area contributed by atoms with E-state index in [0.717, 1.165) is 0 Å². The van der Waals surface area contributed by atoms with Gasteiger partial charge in [-0.05, 0) is 19.1 Å². The molecule has 4 nitrogen and oxygen atoms in total. The van der Waals surface area contributed by atoms with Gasteiger partial charge in [-0.1, -0.05) is 0 Å². The maximum Gasteiger partial charge on any atom is 0.342 e. The van der Waals surface area contributed by atoms with Gasteiger partial charge in [0.05, 0.1) is 12.9 Å². The number of ether oxygens (including phenoxy) is 1. The largest absolute Gasteiger partial charge is 0.466 e. The van der Waals surface area contributed by atoms with Crippen molar-refractivity contribution in [1.29, 1.82) is 0 Å². The predicted molar refractivity (Wildman–Crippen MR) is 40.3 cm³/mol. The molecule has 0 aromatic carbocycles. The van der Waals surface area contributed by atoms with Crippen molar-refractivity contribution in [3.63, 3.8) is 0 Å². The Morgan fingerprint density at radius 3 is 3.08 bits per heavy atom. The predicted octanol–water partition coefficient (Wildman–Crippen LogP) is 0.876. The van der Waals surface area contributed by atoms with Crippen LogP contribution >= 0.6 is 0 Å². The minimum absolute atomic E-state index is 0.202. The Bertz CT molecular complexity index is 240. The summed E-state index contributed by atoms with van der Waals surface area (Å²) in [5.74, 6) is -0.485. The summed E-state index contributed by atoms with van der Waals surface area (Å²) in [4.78, 5) is 10.9. The second-order valence-corrected chi connectivity index (χ2v) is 2.17. The third-order valence-electron chi connectivity index (χ3n) is 1.32. The first-order chi connectivity index (χ1) is 5.75. The Hall–Kier alpha value is -1.29. The van der Waals surface area contributed by atoms with Crippen LogP contribution in [-0.4, -0.2) is 17.7 Å². The van der Waals surface area contributed by atoms with Crippen molar-refractivity contribution in [3.05, 3.63) is 24.2 Å². The summed E-state index contributed by atoms with van der Waals surface area (Å²) in [6, 6.07) is 3.11. The number of rotatable bonds is 3. The van der Waals surface area contributed by atoms with Gasteiger partial charge < -0.3 is 14.3 Å². The van der Waals surface area contributed by atoms with E-state index in [2.05, 4.69) is 4.74 Å². The average Bonchev–Trinajstić information content (AvgIpc) is 2.55. The molecular formula is C8H10O4. The van der Waals surface area contributed by atoms with Crippen LogP contribution in [0.25, 0.3) is 0 Å². The van der Waals surface area contributed by atoms with Crippen LogP contribution in [0.2, 0.25) is 0 Å². The molecule has 1 atom stereocenters. The Kier molecular flexibility index (Phi) is 2.88. The van der Waals surface area contributed by atoms with E-state index in [1.54, 1.807) is 13.0 Å². The van der Waals surface area contributed by atoms with E-state index in [1.807, 2.05) is 0 Å². The van der Waals surface area contributed by atoms with Crippen molar-refractivity contribution in [2.24, 2.45) is 0 Å². The summed E-state index contributed by atoms with van der Waals surface area (Å²) < 4.78 is 9.39. The zero-order chi connectivity index (χ0) is 8.97. The molecule has 0 amide bonds. The SMILES string of the molecule is CCOC(=O)[C@H](O)c1ccco1. The Morgan fingerprint density at radius 1 is 1.83 bits per heavy atom. The molecule has 0 radical (unpaired) electrons. The summed E-state index contributed by atoms with van der Waals surface area (Å²) in [5, 5.41) is 9.24. The number of carbonyl (C=O) groups excluding carboxylic acids is 1. The second-order valence-electron chi connectivity index (χ2n) is 2.17. The lowest BCUT2D eigenvalue weighted by molar-refractivity contribution is -0.154. The van der Waals surface area contributed by atoms with Crippen LogP contribution in [0, 0.1) is 0 Å². The molecule has 0 saturated heterocycles. The highest BCUT2D eigenvalue weighted by molar-refractivity contribution is 5.75. The van der Waals surface area contributed by atoms with Crippen LogP contribution in [-0.2, 0) is 9.53 Å². The minimum atomic E-state index is -1.31. The molecule has 66 valence electrons. The number of esters is 1. The van der Waals surface area contributed by atoms with Gasteiger partial charge in [-0.3, -0.25) is 0 Å². The number of furan rings is 1. The molecule has 0 aliphatic heterocycles. The second kappa shape index (κ2) is 3.92. The first-order valence-corrected chi connectivity index (χ1v) is 3.63. The molecule has 1 heterocycles. The van der Waals surface area contributed by atoms with Crippen LogP contribution in [0.1, 0.15) is 18.8 Å². The van der Waals surface area contributed by atoms with Crippen LogP contribution < -0.4 is 0 Å². The molecule has 12 heavy (non-hydrogen) atoms. The van der Waals surface area contributed by atoms with Crippen molar-refractivity contribution >= 4 is 5.97 Å². The number of hydrogen-bond donors (Lipinski definition) is 1. The van der Waals surface area contributed by atoms with E-state index in [1.165, 1.54) is 12.3 Å². The minimum Gasteiger partial charge on any atom is -0.466 e. The monoisotopic (exact) mass is 170 g/mol. The number of carbonyl (C=O) groups is 1. The molecule has 4 heteroatoms. The summed E-state index contributed by atoms with van der Waals surface area (Å²) in [7, 11) is 0. The average molecular weight is 170 g/mol. The van der Waals surface area contributed by atoms with Gasteiger partial charge in [0.2, 0.25) is 6.10 Å². The first-order valence-electron chi connectivity index (χ1n) is 3.63. The first kappa shape index (κ1) is 8.80. The molecule has 1 rings (SSSR count). The van der Waals surface area contributed by atoms with Crippen molar-refractivity contribution in [2.75, 3.05) is 6.61 Å². The van der Waals surface area contributed by atoms with E-state index in [9.17, 15) is 9.90 Å².